The van der Waals surface area contributed by atoms with Crippen molar-refractivity contribution in [3.05, 3.63) is 35.9 Å². The Hall–Kier alpha value is -0.227. The van der Waals surface area contributed by atoms with E-state index in [4.69, 9.17) is 0 Å². The Bertz CT molecular complexity index is 218. The van der Waals surface area contributed by atoms with Crippen molar-refractivity contribution in [3.63, 3.8) is 0 Å². The molecule has 1 nitrogen and oxygen atoms in total. The van der Waals surface area contributed by atoms with E-state index < -0.39 is 0 Å². The summed E-state index contributed by atoms with van der Waals surface area (Å²) in [7, 11) is 0. The summed E-state index contributed by atoms with van der Waals surface area (Å²) in [5.41, 5.74) is 0.810. The topological polar surface area (TPSA) is 17.1 Å². The molecule has 0 heterocycles. The minimum atomic E-state index is 0. The van der Waals surface area contributed by atoms with Crippen molar-refractivity contribution < 1.29 is 31.0 Å². The quantitative estimate of drug-likeness (QED) is 0.706. The molecule has 2 heteroatoms. The predicted molar refractivity (Wildman–Crippen MR) is 41.1 cm³/mol. The van der Waals surface area contributed by atoms with Gasteiger partial charge in [0, 0.05) is 38.2 Å². The van der Waals surface area contributed by atoms with Gasteiger partial charge < -0.3 is 0 Å². The third kappa shape index (κ3) is 3.11. The van der Waals surface area contributed by atoms with E-state index >= 15 is 0 Å². The van der Waals surface area contributed by atoms with E-state index in [0.29, 0.717) is 6.42 Å². The molecular weight excluding hydrogens is 215 g/mol. The molecule has 0 aliphatic carbocycles. The van der Waals surface area contributed by atoms with Gasteiger partial charge in [0.1, 0.15) is 0 Å². The average molecular weight is 225 g/mol. The van der Waals surface area contributed by atoms with E-state index in [1.807, 2.05) is 37.3 Å². The Kier molecular flexibility index (Phi) is 5.32. The molecule has 0 atom stereocenters. The molecule has 0 amide bonds. The summed E-state index contributed by atoms with van der Waals surface area (Å²) in [6.07, 6.45) is 0.587. The number of Topliss-reactive ketones (excluding diaryl/α,β-unsaturated/α-hetero) is 1. The van der Waals surface area contributed by atoms with Crippen LogP contribution in [-0.4, -0.2) is 5.78 Å². The zero-order valence-electron chi connectivity index (χ0n) is 6.50. The molecule has 0 aliphatic rings. The summed E-state index contributed by atoms with van der Waals surface area (Å²) >= 11 is 0. The van der Waals surface area contributed by atoms with Crippen LogP contribution in [0.3, 0.4) is 0 Å². The molecule has 1 rings (SSSR count). The maximum atomic E-state index is 11.0. The molecule has 0 fully saturated rings. The summed E-state index contributed by atoms with van der Waals surface area (Å²) in [5, 5.41) is 0. The second kappa shape index (κ2) is 5.43. The van der Waals surface area contributed by atoms with Gasteiger partial charge in [-0.15, -0.1) is 0 Å². The third-order valence-corrected chi connectivity index (χ3v) is 1.42. The summed E-state index contributed by atoms with van der Waals surface area (Å²) in [6.45, 7) is 1.87. The summed E-state index contributed by atoms with van der Waals surface area (Å²) < 4.78 is 0. The van der Waals surface area contributed by atoms with E-state index in [-0.39, 0.29) is 32.0 Å². The van der Waals surface area contributed by atoms with Gasteiger partial charge in [0.15, 0.2) is 5.78 Å². The number of carbonyl (C=O) groups is 1. The van der Waals surface area contributed by atoms with Crippen LogP contribution in [0.5, 0.6) is 0 Å². The van der Waals surface area contributed by atoms with Crippen molar-refractivity contribution in [2.75, 3.05) is 0 Å². The second-order valence-electron chi connectivity index (χ2n) is 2.14. The van der Waals surface area contributed by atoms with Gasteiger partial charge in [0.25, 0.3) is 0 Å². The molecule has 1 aromatic carbocycles. The summed E-state index contributed by atoms with van der Waals surface area (Å²) in [5.74, 6) is 0.209. The van der Waals surface area contributed by atoms with Gasteiger partial charge in [-0.1, -0.05) is 37.3 Å². The first-order chi connectivity index (χ1) is 4.84. The van der Waals surface area contributed by atoms with Crippen LogP contribution in [0.4, 0.5) is 0 Å². The number of rotatable bonds is 2. The first-order valence-corrected chi connectivity index (χ1v) is 3.43. The van der Waals surface area contributed by atoms with E-state index in [0.717, 1.165) is 5.56 Å². The molecule has 0 bridgehead atoms. The largest absolute Gasteiger partial charge is 0.294 e. The minimum Gasteiger partial charge on any atom is -0.294 e. The van der Waals surface area contributed by atoms with Gasteiger partial charge in [-0.05, 0) is 0 Å². The zero-order valence-corrected chi connectivity index (χ0v) is 8.96. The van der Waals surface area contributed by atoms with Crippen LogP contribution in [0, 0.1) is 0 Å². The van der Waals surface area contributed by atoms with Crippen LogP contribution in [0.1, 0.15) is 23.7 Å². The summed E-state index contributed by atoms with van der Waals surface area (Å²) in [6, 6.07) is 9.34. The predicted octanol–water partition coefficient (Wildman–Crippen LogP) is 2.28. The molecule has 0 saturated heterocycles. The van der Waals surface area contributed by atoms with Crippen LogP contribution >= 0.6 is 0 Å². The standard InChI is InChI=1S/C9H10O.Zr/c1-2-9(10)8-6-4-3-5-7-8;/h3-7H,2H2,1H3;. The molecule has 0 unspecified atom stereocenters. The normalized spacial score (nSPS) is 8.45. The monoisotopic (exact) mass is 224 g/mol. The smallest absolute Gasteiger partial charge is 0.162 e. The third-order valence-electron chi connectivity index (χ3n) is 1.42. The van der Waals surface area contributed by atoms with Crippen molar-refractivity contribution in [2.24, 2.45) is 0 Å². The van der Waals surface area contributed by atoms with Crippen molar-refractivity contribution in [2.45, 2.75) is 13.3 Å². The molecule has 0 aliphatic heterocycles. The van der Waals surface area contributed by atoms with Crippen LogP contribution in [-0.2, 0) is 26.2 Å². The van der Waals surface area contributed by atoms with E-state index in [9.17, 15) is 4.79 Å². The van der Waals surface area contributed by atoms with Crippen molar-refractivity contribution in [3.8, 4) is 0 Å². The first-order valence-electron chi connectivity index (χ1n) is 3.43. The Morgan fingerprint density at radius 3 is 2.27 bits per heavy atom. The molecule has 0 spiro atoms. The van der Waals surface area contributed by atoms with Crippen molar-refractivity contribution >= 4 is 5.78 Å². The van der Waals surface area contributed by atoms with Crippen molar-refractivity contribution in [1.29, 1.82) is 0 Å². The summed E-state index contributed by atoms with van der Waals surface area (Å²) in [4.78, 5) is 11.0. The molecule has 0 saturated carbocycles. The van der Waals surface area contributed by atoms with Gasteiger partial charge in [-0.2, -0.15) is 0 Å². The van der Waals surface area contributed by atoms with Crippen LogP contribution < -0.4 is 0 Å². The maximum Gasteiger partial charge on any atom is 0.162 e. The zero-order chi connectivity index (χ0) is 7.40. The van der Waals surface area contributed by atoms with Gasteiger partial charge >= 0.3 is 0 Å². The number of ketones is 1. The fraction of sp³-hybridized carbons (Fsp3) is 0.222. The van der Waals surface area contributed by atoms with Gasteiger partial charge in [-0.25, -0.2) is 0 Å². The van der Waals surface area contributed by atoms with Gasteiger partial charge in [0.05, 0.1) is 0 Å². The van der Waals surface area contributed by atoms with E-state index in [2.05, 4.69) is 0 Å². The average Bonchev–Trinajstić information content (AvgIpc) is 2.05. The maximum absolute atomic E-state index is 11.0. The van der Waals surface area contributed by atoms with Crippen molar-refractivity contribution in [1.82, 2.24) is 0 Å². The number of carbonyl (C=O) groups excluding carboxylic acids is 1. The van der Waals surface area contributed by atoms with Crippen LogP contribution in [0.2, 0.25) is 0 Å². The molecule has 0 aromatic heterocycles. The molecule has 1 aromatic rings. The fourth-order valence-electron chi connectivity index (χ4n) is 0.828. The Morgan fingerprint density at radius 1 is 1.27 bits per heavy atom. The Labute approximate surface area is 85.9 Å². The van der Waals surface area contributed by atoms with E-state index in [1.165, 1.54) is 0 Å². The second-order valence-corrected chi connectivity index (χ2v) is 2.14. The number of benzene rings is 1. The van der Waals surface area contributed by atoms with Crippen LogP contribution in [0.25, 0.3) is 0 Å². The molecule has 0 N–H and O–H groups in total. The first kappa shape index (κ1) is 10.8. The SMILES string of the molecule is CCC(=O)c1ccccc1.[Zr]. The molecular formula is C9H10OZr. The minimum absolute atomic E-state index is 0. The molecule has 0 radical (unpaired) electrons. The number of hydrogen-bond donors (Lipinski definition) is 0. The van der Waals surface area contributed by atoms with Gasteiger partial charge in [0.2, 0.25) is 0 Å². The Morgan fingerprint density at radius 2 is 1.82 bits per heavy atom. The van der Waals surface area contributed by atoms with E-state index in [1.54, 1.807) is 0 Å². The Balaban J connectivity index is 0.000001000. The number of hydrogen-bond acceptors (Lipinski definition) is 1. The molecule has 56 valence electrons. The van der Waals surface area contributed by atoms with Crippen LogP contribution in [0.15, 0.2) is 30.3 Å². The van der Waals surface area contributed by atoms with Gasteiger partial charge in [-0.3, -0.25) is 4.79 Å². The fourth-order valence-corrected chi connectivity index (χ4v) is 0.828. The molecule has 11 heavy (non-hydrogen) atoms.